The van der Waals surface area contributed by atoms with Gasteiger partial charge in [0.2, 0.25) is 17.5 Å². The van der Waals surface area contributed by atoms with Crippen molar-refractivity contribution in [2.24, 2.45) is 0 Å². The van der Waals surface area contributed by atoms with Gasteiger partial charge in [0.1, 0.15) is 6.10 Å². The van der Waals surface area contributed by atoms with Crippen molar-refractivity contribution in [3.63, 3.8) is 0 Å². The molecule has 7 heteroatoms. The second kappa shape index (κ2) is 11.5. The normalized spacial score (nSPS) is 39.0. The fraction of sp³-hybridized carbons (Fsp3) is 0.923. The maximum Gasteiger partial charge on any atom is 0.344 e. The van der Waals surface area contributed by atoms with Crippen LogP contribution in [0.3, 0.4) is 0 Å². The van der Waals surface area contributed by atoms with Gasteiger partial charge in [-0.25, -0.2) is 9.59 Å². The summed E-state index contributed by atoms with van der Waals surface area (Å²) in [6.45, 7) is 0. The molecule has 7 nitrogen and oxygen atoms in total. The number of esters is 1. The Morgan fingerprint density at radius 3 is 1.76 bits per heavy atom. The first-order valence-electron chi connectivity index (χ1n) is 13.5. The number of hydrogen-bond acceptors (Lipinski definition) is 6. The van der Waals surface area contributed by atoms with Crippen LogP contribution in [-0.2, 0) is 28.5 Å². The average Bonchev–Trinajstić information content (AvgIpc) is 3.70. The summed E-state index contributed by atoms with van der Waals surface area (Å²) in [5.74, 6) is -1.64. The summed E-state index contributed by atoms with van der Waals surface area (Å²) < 4.78 is 23.1. The molecule has 0 aromatic carbocycles. The minimum Gasteiger partial charge on any atom is -0.479 e. The Kier molecular flexibility index (Phi) is 8.69. The van der Waals surface area contributed by atoms with Gasteiger partial charge in [0.15, 0.2) is 6.29 Å². The van der Waals surface area contributed by atoms with Crippen molar-refractivity contribution < 1.29 is 33.6 Å². The molecule has 0 aromatic heterocycles. The lowest BCUT2D eigenvalue weighted by Crippen LogP contribution is -2.44. The number of rotatable bonds is 3. The SMILES string of the molecule is O=C(O)C12CCCCC1(C(=O)OC1CCCCCCCCCCCCCCCC3OC3O1)O2. The Labute approximate surface area is 197 Å². The van der Waals surface area contributed by atoms with Gasteiger partial charge in [-0.05, 0) is 38.5 Å². The second-order valence-electron chi connectivity index (χ2n) is 10.5. The molecule has 0 aromatic rings. The molecule has 0 amide bonds. The van der Waals surface area contributed by atoms with Crippen LogP contribution in [-0.4, -0.2) is 46.9 Å². The van der Waals surface area contributed by atoms with Gasteiger partial charge < -0.3 is 24.1 Å². The molecule has 4 aliphatic rings. The van der Waals surface area contributed by atoms with Gasteiger partial charge in [0.05, 0.1) is 0 Å². The van der Waals surface area contributed by atoms with Crippen LogP contribution in [0, 0.1) is 0 Å². The van der Waals surface area contributed by atoms with Crippen LogP contribution in [0.1, 0.15) is 122 Å². The molecule has 5 atom stereocenters. The molecule has 0 spiro atoms. The van der Waals surface area contributed by atoms with Crippen LogP contribution < -0.4 is 0 Å². The quantitative estimate of drug-likeness (QED) is 0.425. The molecular formula is C26H42O7. The summed E-state index contributed by atoms with van der Waals surface area (Å²) in [6.07, 6.45) is 19.0. The number of hydrogen-bond donors (Lipinski definition) is 1. The minimum absolute atomic E-state index is 0.0800. The number of ether oxygens (including phenoxy) is 4. The van der Waals surface area contributed by atoms with Gasteiger partial charge in [-0.15, -0.1) is 0 Å². The molecule has 5 unspecified atom stereocenters. The molecule has 0 radical (unpaired) electrons. The molecule has 1 saturated carbocycles. The van der Waals surface area contributed by atoms with Crippen LogP contribution in [0.2, 0.25) is 0 Å². The Bertz CT molecular complexity index is 667. The molecule has 1 N–H and O–H groups in total. The first-order valence-corrected chi connectivity index (χ1v) is 13.5. The third-order valence-electron chi connectivity index (χ3n) is 7.93. The lowest BCUT2D eigenvalue weighted by molar-refractivity contribution is -0.196. The Hall–Kier alpha value is -1.18. The lowest BCUT2D eigenvalue weighted by atomic mass is 9.79. The topological polar surface area (TPSA) is 97.9 Å². The Balaban J connectivity index is 1.31. The highest BCUT2D eigenvalue weighted by molar-refractivity contribution is 5.97. The van der Waals surface area contributed by atoms with E-state index in [9.17, 15) is 14.7 Å². The maximum absolute atomic E-state index is 13.1. The standard InChI is InChI=1S/C26H42O7/c27-23(28)25-18-14-15-19-26(25,33-25)24(29)32-21-17-13-11-9-7-5-3-1-2-4-6-8-10-12-16-20-22(30-20)31-21/h20-22H,1-19H2,(H,27,28). The highest BCUT2D eigenvalue weighted by atomic mass is 16.8. The zero-order chi connectivity index (χ0) is 23.2. The van der Waals surface area contributed by atoms with E-state index in [2.05, 4.69) is 0 Å². The second-order valence-corrected chi connectivity index (χ2v) is 10.5. The Morgan fingerprint density at radius 2 is 1.18 bits per heavy atom. The molecule has 3 aliphatic heterocycles. The van der Waals surface area contributed by atoms with Crippen LogP contribution in [0.15, 0.2) is 0 Å². The van der Waals surface area contributed by atoms with Crippen molar-refractivity contribution in [3.8, 4) is 0 Å². The first-order chi connectivity index (χ1) is 16.1. The predicted octanol–water partition coefficient (Wildman–Crippen LogP) is 5.63. The number of epoxide rings is 2. The first kappa shape index (κ1) is 24.9. The van der Waals surface area contributed by atoms with Crippen molar-refractivity contribution in [1.82, 2.24) is 0 Å². The summed E-state index contributed by atoms with van der Waals surface area (Å²) in [5, 5.41) is 9.68. The molecule has 4 fully saturated rings. The summed E-state index contributed by atoms with van der Waals surface area (Å²) in [6, 6.07) is 0. The van der Waals surface area contributed by atoms with Gasteiger partial charge >= 0.3 is 11.9 Å². The molecular weight excluding hydrogens is 424 g/mol. The number of carboxylic acid groups (broad SMARTS) is 1. The van der Waals surface area contributed by atoms with Gasteiger partial charge in [-0.1, -0.05) is 77.0 Å². The van der Waals surface area contributed by atoms with Gasteiger partial charge in [-0.3, -0.25) is 0 Å². The van der Waals surface area contributed by atoms with Crippen LogP contribution >= 0.6 is 0 Å². The monoisotopic (exact) mass is 466 g/mol. The van der Waals surface area contributed by atoms with Crippen molar-refractivity contribution in [3.05, 3.63) is 0 Å². The zero-order valence-corrected chi connectivity index (χ0v) is 20.1. The Morgan fingerprint density at radius 1 is 0.667 bits per heavy atom. The van der Waals surface area contributed by atoms with Crippen molar-refractivity contribution in [2.45, 2.75) is 152 Å². The van der Waals surface area contributed by atoms with E-state index < -0.39 is 29.4 Å². The molecule has 1 aliphatic carbocycles. The van der Waals surface area contributed by atoms with E-state index in [1.807, 2.05) is 0 Å². The number of aliphatic carboxylic acids is 1. The van der Waals surface area contributed by atoms with Crippen molar-refractivity contribution >= 4 is 11.9 Å². The van der Waals surface area contributed by atoms with Crippen LogP contribution in [0.4, 0.5) is 0 Å². The number of carbonyl (C=O) groups excluding carboxylic acids is 1. The van der Waals surface area contributed by atoms with E-state index in [4.69, 9.17) is 18.9 Å². The van der Waals surface area contributed by atoms with Crippen LogP contribution in [0.25, 0.3) is 0 Å². The maximum atomic E-state index is 13.1. The number of carboxylic acids is 1. The van der Waals surface area contributed by atoms with Gasteiger partial charge in [0.25, 0.3) is 0 Å². The molecule has 0 bridgehead atoms. The molecule has 33 heavy (non-hydrogen) atoms. The summed E-state index contributed by atoms with van der Waals surface area (Å²) in [5.41, 5.74) is -2.75. The largest absolute Gasteiger partial charge is 0.479 e. The van der Waals surface area contributed by atoms with Gasteiger partial charge in [-0.2, -0.15) is 0 Å². The number of fused-ring (bicyclic) bond motifs is 2. The fourth-order valence-electron chi connectivity index (χ4n) is 5.73. The summed E-state index contributed by atoms with van der Waals surface area (Å²) >= 11 is 0. The highest BCUT2D eigenvalue weighted by Gasteiger charge is 2.80. The van der Waals surface area contributed by atoms with E-state index in [0.29, 0.717) is 19.3 Å². The lowest BCUT2D eigenvalue weighted by Gasteiger charge is -2.24. The molecule has 3 saturated heterocycles. The molecule has 4 rings (SSSR count). The van der Waals surface area contributed by atoms with E-state index in [-0.39, 0.29) is 12.4 Å². The van der Waals surface area contributed by atoms with Crippen LogP contribution in [0.5, 0.6) is 0 Å². The van der Waals surface area contributed by atoms with E-state index >= 15 is 0 Å². The van der Waals surface area contributed by atoms with Gasteiger partial charge in [0, 0.05) is 6.42 Å². The predicted molar refractivity (Wildman–Crippen MR) is 122 cm³/mol. The molecule has 3 heterocycles. The zero-order valence-electron chi connectivity index (χ0n) is 20.1. The highest BCUT2D eigenvalue weighted by Crippen LogP contribution is 2.58. The summed E-state index contributed by atoms with van der Waals surface area (Å²) in [4.78, 5) is 24.9. The van der Waals surface area contributed by atoms with E-state index in [0.717, 1.165) is 38.5 Å². The average molecular weight is 467 g/mol. The molecule has 188 valence electrons. The third-order valence-corrected chi connectivity index (χ3v) is 7.93. The smallest absolute Gasteiger partial charge is 0.344 e. The van der Waals surface area contributed by atoms with Crippen molar-refractivity contribution in [2.75, 3.05) is 0 Å². The minimum atomic E-state index is -1.41. The van der Waals surface area contributed by atoms with E-state index in [1.54, 1.807) is 0 Å². The summed E-state index contributed by atoms with van der Waals surface area (Å²) in [7, 11) is 0. The number of carbonyl (C=O) groups is 2. The van der Waals surface area contributed by atoms with Crippen molar-refractivity contribution in [1.29, 1.82) is 0 Å². The third kappa shape index (κ3) is 6.09. The fourth-order valence-corrected chi connectivity index (χ4v) is 5.73. The van der Waals surface area contributed by atoms with E-state index in [1.165, 1.54) is 64.2 Å².